The number of ketones is 1. The Morgan fingerprint density at radius 1 is 1.50 bits per heavy atom. The van der Waals surface area contributed by atoms with Crippen LogP contribution in [0.1, 0.15) is 17.3 Å². The van der Waals surface area contributed by atoms with Gasteiger partial charge in [0.25, 0.3) is 0 Å². The maximum Gasteiger partial charge on any atom is 0.163 e. The van der Waals surface area contributed by atoms with E-state index in [1.54, 1.807) is 12.1 Å². The minimum Gasteiger partial charge on any atom is -0.507 e. The maximum atomic E-state index is 11.1. The summed E-state index contributed by atoms with van der Waals surface area (Å²) in [6, 6.07) is 4.67. The molecule has 0 fully saturated rings. The van der Waals surface area contributed by atoms with Gasteiger partial charge in [0.1, 0.15) is 18.1 Å². The van der Waals surface area contributed by atoms with Crippen LogP contribution in [0.2, 0.25) is 0 Å². The molecular weight excluding hydrogens is 272 g/mol. The van der Waals surface area contributed by atoms with E-state index in [1.165, 1.54) is 13.0 Å². The molecule has 0 saturated carbocycles. The average Bonchev–Trinajstić information content (AvgIpc) is 2.24. The van der Waals surface area contributed by atoms with Crippen molar-refractivity contribution >= 4 is 21.7 Å². The van der Waals surface area contributed by atoms with Crippen LogP contribution in [0.5, 0.6) is 11.5 Å². The highest BCUT2D eigenvalue weighted by atomic mass is 79.9. The molecule has 16 heavy (non-hydrogen) atoms. The van der Waals surface area contributed by atoms with Crippen molar-refractivity contribution in [1.29, 1.82) is 0 Å². The summed E-state index contributed by atoms with van der Waals surface area (Å²) < 4.78 is 5.34. The van der Waals surface area contributed by atoms with Crippen LogP contribution < -0.4 is 4.74 Å². The average molecular weight is 285 g/mol. The van der Waals surface area contributed by atoms with Crippen molar-refractivity contribution in [2.24, 2.45) is 0 Å². The molecule has 1 N–H and O–H groups in total. The lowest BCUT2D eigenvalue weighted by molar-refractivity contribution is 0.101. The fraction of sp³-hybridized carbons (Fsp3) is 0.250. The van der Waals surface area contributed by atoms with Gasteiger partial charge in [0.15, 0.2) is 5.78 Å². The largest absolute Gasteiger partial charge is 0.507 e. The number of halogens is 1. The first-order valence-corrected chi connectivity index (χ1v) is 5.95. The topological polar surface area (TPSA) is 46.5 Å². The van der Waals surface area contributed by atoms with Crippen LogP contribution in [0.25, 0.3) is 0 Å². The number of benzene rings is 1. The van der Waals surface area contributed by atoms with Crippen LogP contribution in [-0.4, -0.2) is 22.8 Å². The molecule has 0 bridgehead atoms. The Kier molecular flexibility index (Phi) is 5.05. The van der Waals surface area contributed by atoms with Crippen molar-refractivity contribution in [3.8, 4) is 11.5 Å². The molecule has 1 aromatic carbocycles. The fourth-order valence-corrected chi connectivity index (χ4v) is 1.44. The van der Waals surface area contributed by atoms with Gasteiger partial charge < -0.3 is 9.84 Å². The van der Waals surface area contributed by atoms with E-state index < -0.39 is 0 Å². The molecule has 0 amide bonds. The quantitative estimate of drug-likeness (QED) is 0.514. The van der Waals surface area contributed by atoms with Gasteiger partial charge in [0, 0.05) is 11.4 Å². The summed E-state index contributed by atoms with van der Waals surface area (Å²) in [6.45, 7) is 1.85. The van der Waals surface area contributed by atoms with E-state index >= 15 is 0 Å². The van der Waals surface area contributed by atoms with Gasteiger partial charge in [-0.2, -0.15) is 0 Å². The summed E-state index contributed by atoms with van der Waals surface area (Å²) in [5.74, 6) is 0.333. The predicted molar refractivity (Wildman–Crippen MR) is 66.5 cm³/mol. The molecule has 0 heterocycles. The Morgan fingerprint density at radius 3 is 2.81 bits per heavy atom. The second kappa shape index (κ2) is 6.33. The Bertz CT molecular complexity index is 399. The van der Waals surface area contributed by atoms with Gasteiger partial charge in [0.05, 0.1) is 5.56 Å². The zero-order chi connectivity index (χ0) is 12.0. The van der Waals surface area contributed by atoms with Crippen LogP contribution in [0, 0.1) is 0 Å². The van der Waals surface area contributed by atoms with Gasteiger partial charge in [-0.25, -0.2) is 0 Å². The number of aromatic hydroxyl groups is 1. The first-order chi connectivity index (χ1) is 7.65. The number of hydrogen-bond acceptors (Lipinski definition) is 3. The summed E-state index contributed by atoms with van der Waals surface area (Å²) in [7, 11) is 0. The van der Waals surface area contributed by atoms with Gasteiger partial charge >= 0.3 is 0 Å². The molecule has 0 unspecified atom stereocenters. The number of rotatable bonds is 5. The van der Waals surface area contributed by atoms with Gasteiger partial charge in [-0.1, -0.05) is 28.1 Å². The normalized spacial score (nSPS) is 10.6. The van der Waals surface area contributed by atoms with Crippen molar-refractivity contribution < 1.29 is 14.6 Å². The van der Waals surface area contributed by atoms with Crippen molar-refractivity contribution in [3.63, 3.8) is 0 Å². The number of carbonyl (C=O) groups is 1. The highest BCUT2D eigenvalue weighted by Gasteiger charge is 2.06. The van der Waals surface area contributed by atoms with Crippen LogP contribution in [-0.2, 0) is 0 Å². The Balaban J connectivity index is 2.66. The van der Waals surface area contributed by atoms with Crippen LogP contribution in [0.15, 0.2) is 30.4 Å². The van der Waals surface area contributed by atoms with Crippen molar-refractivity contribution in [2.75, 3.05) is 11.9 Å². The molecule has 0 spiro atoms. The second-order valence-corrected chi connectivity index (χ2v) is 3.82. The Morgan fingerprint density at radius 2 is 2.25 bits per heavy atom. The monoisotopic (exact) mass is 284 g/mol. The number of ether oxygens (including phenoxy) is 1. The van der Waals surface area contributed by atoms with E-state index in [2.05, 4.69) is 15.9 Å². The maximum absolute atomic E-state index is 11.1. The Labute approximate surface area is 103 Å². The highest BCUT2D eigenvalue weighted by molar-refractivity contribution is 9.09. The smallest absolute Gasteiger partial charge is 0.163 e. The van der Waals surface area contributed by atoms with Crippen LogP contribution in [0.4, 0.5) is 0 Å². The SMILES string of the molecule is CC(=O)c1ccc(OC/C=C/CBr)cc1O. The summed E-state index contributed by atoms with van der Waals surface area (Å²) in [4.78, 5) is 11.1. The van der Waals surface area contributed by atoms with E-state index in [4.69, 9.17) is 4.74 Å². The van der Waals surface area contributed by atoms with E-state index in [9.17, 15) is 9.90 Å². The number of phenols is 1. The summed E-state index contributed by atoms with van der Waals surface area (Å²) in [6.07, 6.45) is 3.79. The lowest BCUT2D eigenvalue weighted by Gasteiger charge is -2.05. The fourth-order valence-electron chi connectivity index (χ4n) is 1.17. The van der Waals surface area contributed by atoms with Gasteiger partial charge in [0.2, 0.25) is 0 Å². The van der Waals surface area contributed by atoms with Crippen molar-refractivity contribution in [2.45, 2.75) is 6.92 Å². The second-order valence-electron chi connectivity index (χ2n) is 3.17. The number of allylic oxidation sites excluding steroid dienone is 1. The minimum absolute atomic E-state index is 0.0468. The first-order valence-electron chi connectivity index (χ1n) is 4.83. The zero-order valence-electron chi connectivity index (χ0n) is 8.94. The van der Waals surface area contributed by atoms with E-state index in [1.807, 2.05) is 12.2 Å². The molecule has 0 aliphatic rings. The number of hydrogen-bond donors (Lipinski definition) is 1. The third-order valence-electron chi connectivity index (χ3n) is 1.95. The number of alkyl halides is 1. The van der Waals surface area contributed by atoms with Gasteiger partial charge in [-0.05, 0) is 19.1 Å². The van der Waals surface area contributed by atoms with Crippen molar-refractivity contribution in [1.82, 2.24) is 0 Å². The molecule has 4 heteroatoms. The molecule has 0 aliphatic carbocycles. The van der Waals surface area contributed by atoms with E-state index in [-0.39, 0.29) is 11.5 Å². The lowest BCUT2D eigenvalue weighted by Crippen LogP contribution is -1.96. The van der Waals surface area contributed by atoms with E-state index in [0.717, 1.165) is 5.33 Å². The minimum atomic E-state index is -0.164. The van der Waals surface area contributed by atoms with Crippen LogP contribution in [0.3, 0.4) is 0 Å². The highest BCUT2D eigenvalue weighted by Crippen LogP contribution is 2.23. The molecule has 1 rings (SSSR count). The molecule has 3 nitrogen and oxygen atoms in total. The molecule has 0 saturated heterocycles. The predicted octanol–water partition coefficient (Wildman–Crippen LogP) is 2.92. The summed E-state index contributed by atoms with van der Waals surface area (Å²) >= 11 is 3.25. The number of phenolic OH excluding ortho intramolecular Hbond substituents is 1. The molecule has 86 valence electrons. The molecule has 0 radical (unpaired) electrons. The molecule has 1 aromatic rings. The molecule has 0 aromatic heterocycles. The standard InChI is InChI=1S/C12H13BrO3/c1-9(14)11-5-4-10(8-12(11)15)16-7-3-2-6-13/h2-5,8,15H,6-7H2,1H3/b3-2+. The van der Waals surface area contributed by atoms with Crippen LogP contribution >= 0.6 is 15.9 Å². The first kappa shape index (κ1) is 12.8. The molecule has 0 aliphatic heterocycles. The Hall–Kier alpha value is -1.29. The van der Waals surface area contributed by atoms with Crippen molar-refractivity contribution in [3.05, 3.63) is 35.9 Å². The molecular formula is C12H13BrO3. The summed E-state index contributed by atoms with van der Waals surface area (Å²) in [5.41, 5.74) is 0.309. The zero-order valence-corrected chi connectivity index (χ0v) is 10.5. The summed E-state index contributed by atoms with van der Waals surface area (Å²) in [5, 5.41) is 10.3. The lowest BCUT2D eigenvalue weighted by atomic mass is 10.1. The third kappa shape index (κ3) is 3.70. The van der Waals surface area contributed by atoms with Gasteiger partial charge in [-0.3, -0.25) is 4.79 Å². The van der Waals surface area contributed by atoms with Gasteiger partial charge in [-0.15, -0.1) is 0 Å². The van der Waals surface area contributed by atoms with E-state index in [0.29, 0.717) is 17.9 Å². The molecule has 0 atom stereocenters. The third-order valence-corrected chi connectivity index (χ3v) is 2.32. The number of carbonyl (C=O) groups excluding carboxylic acids is 1. The number of Topliss-reactive ketones (excluding diaryl/α,β-unsaturated/α-hetero) is 1.